The summed E-state index contributed by atoms with van der Waals surface area (Å²) in [4.78, 5) is 0. The number of hydrogen-bond donors (Lipinski definition) is 2. The van der Waals surface area contributed by atoms with E-state index in [1.807, 2.05) is 0 Å². The van der Waals surface area contributed by atoms with Crippen LogP contribution < -0.4 is 10.9 Å². The van der Waals surface area contributed by atoms with Crippen LogP contribution in [0.3, 0.4) is 0 Å². The largest absolute Gasteiger partial charge is 0.299 e. The molecule has 5 heteroatoms. The molecule has 3 nitrogen and oxygen atoms in total. The Hall–Kier alpha value is 0.0400. The summed E-state index contributed by atoms with van der Waals surface area (Å²) in [5, 5.41) is 0. The zero-order chi connectivity index (χ0) is 5.98. The molecule has 1 atom stereocenters. The first kappa shape index (κ1) is 6.16. The first-order valence-corrected chi connectivity index (χ1v) is 2.85. The van der Waals surface area contributed by atoms with Crippen molar-refractivity contribution in [2.75, 3.05) is 0 Å². The lowest BCUT2D eigenvalue weighted by Crippen LogP contribution is -2.44. The lowest BCUT2D eigenvalue weighted by molar-refractivity contribution is 0.273. The maximum atomic E-state index is 5.55. The van der Waals surface area contributed by atoms with Crippen LogP contribution in [0, 0.1) is 0 Å². The molecule has 0 radical (unpaired) electrons. The summed E-state index contributed by atoms with van der Waals surface area (Å²) in [7, 11) is 0. The van der Waals surface area contributed by atoms with Gasteiger partial charge in [0.1, 0.15) is 5.50 Å². The van der Waals surface area contributed by atoms with Crippen LogP contribution in [-0.4, -0.2) is 10.1 Å². The normalized spacial score (nSPS) is 30.0. The van der Waals surface area contributed by atoms with E-state index in [4.69, 9.17) is 23.4 Å². The topological polar surface area (TPSA) is 27.3 Å². The Balaban J connectivity index is 2.42. The monoisotopic (exact) mass is 153 g/mol. The fourth-order valence-corrected chi connectivity index (χ4v) is 0.763. The van der Waals surface area contributed by atoms with Gasteiger partial charge >= 0.3 is 0 Å². The summed E-state index contributed by atoms with van der Waals surface area (Å²) in [5.41, 5.74) is 5.07. The predicted molar refractivity (Wildman–Crippen MR) is 32.7 cm³/mol. The van der Waals surface area contributed by atoms with Crippen LogP contribution in [0.25, 0.3) is 0 Å². The van der Waals surface area contributed by atoms with E-state index >= 15 is 0 Å². The summed E-state index contributed by atoms with van der Waals surface area (Å²) in [5.74, 6) is 0. The molecule has 0 bridgehead atoms. The van der Waals surface area contributed by atoms with E-state index in [9.17, 15) is 0 Å². The minimum absolute atomic E-state index is 0.214. The third-order valence-electron chi connectivity index (χ3n) is 0.690. The Morgan fingerprint density at radius 3 is 2.75 bits per heavy atom. The van der Waals surface area contributed by atoms with Gasteiger partial charge in [0.25, 0.3) is 0 Å². The molecule has 1 heterocycles. The van der Waals surface area contributed by atoms with Crippen molar-refractivity contribution in [2.24, 2.45) is 0 Å². The molecule has 1 aliphatic heterocycles. The van der Waals surface area contributed by atoms with Crippen molar-refractivity contribution in [3.8, 4) is 0 Å². The van der Waals surface area contributed by atoms with Crippen LogP contribution in [0.5, 0.6) is 0 Å². The molecular formula is C3H5Cl2N3. The SMILES string of the molecule is ClC1C=CNN(Cl)N1. The van der Waals surface area contributed by atoms with Crippen LogP contribution in [-0.2, 0) is 0 Å². The third-order valence-corrected chi connectivity index (χ3v) is 1.13. The van der Waals surface area contributed by atoms with Crippen molar-refractivity contribution in [1.82, 2.24) is 15.5 Å². The van der Waals surface area contributed by atoms with Crippen molar-refractivity contribution >= 4 is 23.4 Å². The highest BCUT2D eigenvalue weighted by molar-refractivity contribution is 6.22. The van der Waals surface area contributed by atoms with Gasteiger partial charge in [-0.25, -0.2) is 5.43 Å². The number of hydrogen-bond acceptors (Lipinski definition) is 3. The van der Waals surface area contributed by atoms with E-state index in [2.05, 4.69) is 10.9 Å². The van der Waals surface area contributed by atoms with Gasteiger partial charge in [0.15, 0.2) is 0 Å². The number of nitrogens with zero attached hydrogens (tertiary/aromatic N) is 1. The first-order chi connectivity index (χ1) is 3.79. The molecule has 46 valence electrons. The minimum Gasteiger partial charge on any atom is -0.299 e. The maximum absolute atomic E-state index is 5.55. The van der Waals surface area contributed by atoms with E-state index in [1.54, 1.807) is 12.3 Å². The van der Waals surface area contributed by atoms with E-state index in [1.165, 1.54) is 0 Å². The Morgan fingerprint density at radius 1 is 1.62 bits per heavy atom. The molecule has 1 rings (SSSR count). The zero-order valence-corrected chi connectivity index (χ0v) is 5.45. The average Bonchev–Trinajstić information content (AvgIpc) is 1.64. The summed E-state index contributed by atoms with van der Waals surface area (Å²) in [6.45, 7) is 0. The highest BCUT2D eigenvalue weighted by Crippen LogP contribution is 1.99. The molecule has 0 saturated heterocycles. The lowest BCUT2D eigenvalue weighted by Gasteiger charge is -2.20. The summed E-state index contributed by atoms with van der Waals surface area (Å²) in [6, 6.07) is 0. The average molecular weight is 154 g/mol. The molecule has 1 aliphatic rings. The molecular weight excluding hydrogens is 149 g/mol. The number of halogens is 2. The molecule has 0 spiro atoms. The highest BCUT2D eigenvalue weighted by atomic mass is 35.5. The molecule has 0 aliphatic carbocycles. The Labute approximate surface area is 57.3 Å². The summed E-state index contributed by atoms with van der Waals surface area (Å²) >= 11 is 10.9. The molecule has 0 aromatic heterocycles. The second-order valence-corrected chi connectivity index (χ2v) is 2.11. The standard InChI is InChI=1S/C3H5Cl2N3/c4-3-1-2-6-8(5)7-3/h1-3,6-7H. The van der Waals surface area contributed by atoms with Gasteiger partial charge in [-0.05, 0) is 6.08 Å². The molecule has 2 N–H and O–H groups in total. The maximum Gasteiger partial charge on any atom is 0.118 e. The molecule has 0 fully saturated rings. The van der Waals surface area contributed by atoms with Gasteiger partial charge in [-0.1, -0.05) is 16.2 Å². The van der Waals surface area contributed by atoms with E-state index in [0.717, 1.165) is 4.64 Å². The van der Waals surface area contributed by atoms with Gasteiger partial charge in [-0.3, -0.25) is 5.43 Å². The van der Waals surface area contributed by atoms with Crippen LogP contribution >= 0.6 is 23.4 Å². The number of hydrazine groups is 2. The second kappa shape index (κ2) is 2.55. The van der Waals surface area contributed by atoms with Crippen LogP contribution in [0.4, 0.5) is 0 Å². The fraction of sp³-hybridized carbons (Fsp3) is 0.333. The number of alkyl halides is 1. The van der Waals surface area contributed by atoms with Gasteiger partial charge < -0.3 is 0 Å². The van der Waals surface area contributed by atoms with Crippen molar-refractivity contribution in [1.29, 1.82) is 0 Å². The second-order valence-electron chi connectivity index (χ2n) is 1.30. The predicted octanol–water partition coefficient (Wildman–Crippen LogP) is 0.544. The van der Waals surface area contributed by atoms with Crippen molar-refractivity contribution < 1.29 is 0 Å². The van der Waals surface area contributed by atoms with E-state index < -0.39 is 0 Å². The molecule has 8 heavy (non-hydrogen) atoms. The summed E-state index contributed by atoms with van der Waals surface area (Å²) in [6.07, 6.45) is 3.39. The van der Waals surface area contributed by atoms with E-state index in [0.29, 0.717) is 0 Å². The van der Waals surface area contributed by atoms with Gasteiger partial charge in [0.2, 0.25) is 0 Å². The van der Waals surface area contributed by atoms with Crippen molar-refractivity contribution in [3.05, 3.63) is 12.3 Å². The number of rotatable bonds is 0. The van der Waals surface area contributed by atoms with Crippen LogP contribution in [0.15, 0.2) is 12.3 Å². The fourth-order valence-electron chi connectivity index (χ4n) is 0.382. The van der Waals surface area contributed by atoms with Gasteiger partial charge in [0, 0.05) is 18.0 Å². The molecule has 1 unspecified atom stereocenters. The summed E-state index contributed by atoms with van der Waals surface area (Å²) < 4.78 is 1.16. The number of nitrogens with one attached hydrogen (secondary N) is 2. The Kier molecular flexibility index (Phi) is 1.96. The van der Waals surface area contributed by atoms with Crippen LogP contribution in [0.2, 0.25) is 0 Å². The smallest absolute Gasteiger partial charge is 0.118 e. The molecule has 0 amide bonds. The molecule has 0 aromatic rings. The third kappa shape index (κ3) is 1.52. The van der Waals surface area contributed by atoms with E-state index in [-0.39, 0.29) is 5.50 Å². The van der Waals surface area contributed by atoms with Gasteiger partial charge in [0.05, 0.1) is 0 Å². The first-order valence-electron chi connectivity index (χ1n) is 2.08. The molecule has 0 aromatic carbocycles. The van der Waals surface area contributed by atoms with Crippen molar-refractivity contribution in [2.45, 2.75) is 5.50 Å². The Morgan fingerprint density at radius 2 is 2.38 bits per heavy atom. The van der Waals surface area contributed by atoms with Crippen molar-refractivity contribution in [3.63, 3.8) is 0 Å². The highest BCUT2D eigenvalue weighted by Gasteiger charge is 2.06. The van der Waals surface area contributed by atoms with Crippen LogP contribution in [0.1, 0.15) is 0 Å². The molecule has 0 saturated carbocycles. The van der Waals surface area contributed by atoms with Gasteiger partial charge in [-0.15, -0.1) is 0 Å². The Bertz CT molecular complexity index is 105. The van der Waals surface area contributed by atoms with Gasteiger partial charge in [-0.2, -0.15) is 0 Å². The zero-order valence-electron chi connectivity index (χ0n) is 3.94. The minimum atomic E-state index is -0.214. The lowest BCUT2D eigenvalue weighted by atomic mass is 10.6. The quantitative estimate of drug-likeness (QED) is 0.303.